The summed E-state index contributed by atoms with van der Waals surface area (Å²) >= 11 is 13.3. The summed E-state index contributed by atoms with van der Waals surface area (Å²) in [6.45, 7) is 5.23. The van der Waals surface area contributed by atoms with Crippen molar-refractivity contribution in [2.24, 2.45) is 0 Å². The third kappa shape index (κ3) is 3.96. The highest BCUT2D eigenvalue weighted by atomic mass is 35.5. The van der Waals surface area contributed by atoms with Crippen molar-refractivity contribution in [3.05, 3.63) is 85.2 Å². The zero-order valence-electron chi connectivity index (χ0n) is 20.6. The van der Waals surface area contributed by atoms with Gasteiger partial charge >= 0.3 is 11.9 Å². The number of carbonyl (C=O) groups excluding carboxylic acids is 3. The fourth-order valence-corrected chi connectivity index (χ4v) is 5.79. The van der Waals surface area contributed by atoms with Gasteiger partial charge < -0.3 is 14.2 Å². The molecule has 1 saturated heterocycles. The summed E-state index contributed by atoms with van der Waals surface area (Å²) in [4.78, 5) is 49.5. The number of methoxy groups -OCH3 is 1. The average Bonchev–Trinajstić information content (AvgIpc) is 3.52. The number of ether oxygens (including phenoxy) is 1. The maximum absolute atomic E-state index is 13.5. The minimum atomic E-state index is -1.12. The zero-order chi connectivity index (χ0) is 27.5. The molecule has 0 aliphatic carbocycles. The molecule has 1 N–H and O–H groups in total. The van der Waals surface area contributed by atoms with E-state index in [1.807, 2.05) is 19.1 Å². The number of aryl methyl sites for hydroxylation is 3. The summed E-state index contributed by atoms with van der Waals surface area (Å²) in [7, 11) is 1.24. The number of carbonyl (C=O) groups is 3. The van der Waals surface area contributed by atoms with Crippen LogP contribution in [-0.2, 0) is 14.3 Å². The predicted molar refractivity (Wildman–Crippen MR) is 144 cm³/mol. The molecule has 38 heavy (non-hydrogen) atoms. The van der Waals surface area contributed by atoms with Crippen LogP contribution >= 0.6 is 34.5 Å². The van der Waals surface area contributed by atoms with Crippen LogP contribution < -0.4 is 4.90 Å². The van der Waals surface area contributed by atoms with Gasteiger partial charge in [-0.2, -0.15) is 0 Å². The number of Topliss-reactive ketones (excluding diaryl/α,β-unsaturated/α-hetero) is 1. The van der Waals surface area contributed by atoms with Crippen molar-refractivity contribution in [1.29, 1.82) is 0 Å². The average molecular weight is 571 g/mol. The Morgan fingerprint density at radius 2 is 1.84 bits per heavy atom. The lowest BCUT2D eigenvalue weighted by atomic mass is 9.96. The summed E-state index contributed by atoms with van der Waals surface area (Å²) < 4.78 is 6.61. The van der Waals surface area contributed by atoms with Crippen molar-refractivity contribution < 1.29 is 24.2 Å². The van der Waals surface area contributed by atoms with E-state index < -0.39 is 29.5 Å². The molecule has 0 radical (unpaired) electrons. The molecule has 3 aromatic heterocycles. The summed E-state index contributed by atoms with van der Waals surface area (Å²) in [6.07, 6.45) is 1.79. The van der Waals surface area contributed by atoms with E-state index in [4.69, 9.17) is 27.9 Å². The number of pyridine rings is 1. The number of rotatable bonds is 4. The van der Waals surface area contributed by atoms with Gasteiger partial charge in [0.25, 0.3) is 5.78 Å². The van der Waals surface area contributed by atoms with Gasteiger partial charge in [0.15, 0.2) is 10.9 Å². The largest absolute Gasteiger partial charge is 0.505 e. The van der Waals surface area contributed by atoms with Crippen molar-refractivity contribution in [2.75, 3.05) is 12.0 Å². The van der Waals surface area contributed by atoms with E-state index in [1.165, 1.54) is 19.2 Å². The molecule has 1 unspecified atom stereocenters. The fourth-order valence-electron chi connectivity index (χ4n) is 4.47. The van der Waals surface area contributed by atoms with E-state index in [1.54, 1.807) is 30.5 Å². The van der Waals surface area contributed by atoms with E-state index in [0.717, 1.165) is 21.8 Å². The Morgan fingerprint density at radius 1 is 1.11 bits per heavy atom. The van der Waals surface area contributed by atoms with E-state index in [2.05, 4.69) is 9.97 Å². The van der Waals surface area contributed by atoms with Gasteiger partial charge in [-0.15, -0.1) is 0 Å². The maximum atomic E-state index is 13.5. The molecule has 1 aromatic carbocycles. The number of imidazole rings is 1. The number of aliphatic hydroxyl groups is 1. The molecule has 5 rings (SSSR count). The summed E-state index contributed by atoms with van der Waals surface area (Å²) in [5, 5.41) is 12.1. The molecule has 9 nitrogen and oxygen atoms in total. The van der Waals surface area contributed by atoms with Gasteiger partial charge in [0.2, 0.25) is 0 Å². The Bertz CT molecular complexity index is 1710. The molecule has 0 saturated carbocycles. The second kappa shape index (κ2) is 9.54. The Balaban J connectivity index is 1.77. The summed E-state index contributed by atoms with van der Waals surface area (Å²) in [6, 6.07) is 7.26. The lowest BCUT2D eigenvalue weighted by molar-refractivity contribution is -0.132. The minimum absolute atomic E-state index is 0.0858. The van der Waals surface area contributed by atoms with Crippen LogP contribution in [0.25, 0.3) is 11.4 Å². The molecule has 1 amide bonds. The molecule has 1 fully saturated rings. The molecule has 1 aliphatic rings. The SMILES string of the molecule is COC(=O)c1sc(N2C(=O)C(=O)/C(=C(/O)c3nc4c(C)cccn4c3C)C2c2ccc(Cl)c(Cl)c2)nc1C. The Hall–Kier alpha value is -3.73. The van der Waals surface area contributed by atoms with E-state index in [9.17, 15) is 19.5 Å². The van der Waals surface area contributed by atoms with Gasteiger partial charge in [0, 0.05) is 6.20 Å². The number of ketones is 1. The molecule has 4 heterocycles. The molecule has 1 atom stereocenters. The van der Waals surface area contributed by atoms with Crippen LogP contribution in [0.1, 0.15) is 43.9 Å². The van der Waals surface area contributed by atoms with Crippen molar-refractivity contribution >= 4 is 68.7 Å². The van der Waals surface area contributed by atoms with Crippen LogP contribution in [0.15, 0.2) is 42.1 Å². The van der Waals surface area contributed by atoms with Crippen LogP contribution in [0.5, 0.6) is 0 Å². The number of aliphatic hydroxyl groups excluding tert-OH is 1. The first kappa shape index (κ1) is 25.9. The first-order valence-electron chi connectivity index (χ1n) is 11.3. The van der Waals surface area contributed by atoms with Crippen LogP contribution in [0.2, 0.25) is 10.0 Å². The molecular weight excluding hydrogens is 551 g/mol. The number of thiazole rings is 1. The van der Waals surface area contributed by atoms with Crippen LogP contribution in [0, 0.1) is 20.8 Å². The number of halogens is 2. The Kier molecular flexibility index (Phi) is 6.50. The van der Waals surface area contributed by atoms with Crippen LogP contribution in [0.4, 0.5) is 5.13 Å². The van der Waals surface area contributed by atoms with Crippen LogP contribution in [0.3, 0.4) is 0 Å². The summed E-state index contributed by atoms with van der Waals surface area (Å²) in [5.74, 6) is -2.92. The Morgan fingerprint density at radius 3 is 2.50 bits per heavy atom. The van der Waals surface area contributed by atoms with E-state index in [0.29, 0.717) is 22.6 Å². The van der Waals surface area contributed by atoms with Crippen molar-refractivity contribution in [1.82, 2.24) is 14.4 Å². The van der Waals surface area contributed by atoms with Crippen molar-refractivity contribution in [3.63, 3.8) is 0 Å². The van der Waals surface area contributed by atoms with Gasteiger partial charge in [0.1, 0.15) is 16.2 Å². The summed E-state index contributed by atoms with van der Waals surface area (Å²) in [5.41, 5.74) is 2.76. The molecular formula is C26H20Cl2N4O5S. The molecule has 1 aliphatic heterocycles. The standard InChI is InChI=1S/C26H20Cl2N4O5S/c1-11-6-5-9-31-13(3)18(30-23(11)31)20(33)17-19(14-7-8-15(27)16(28)10-14)32(24(35)21(17)34)26-29-12(2)22(38-26)25(36)37-4/h5-10,19,33H,1-4H3/b20-17+. The number of esters is 1. The molecule has 194 valence electrons. The fraction of sp³-hybridized carbons (Fsp3) is 0.192. The monoisotopic (exact) mass is 570 g/mol. The zero-order valence-corrected chi connectivity index (χ0v) is 22.9. The first-order valence-corrected chi connectivity index (χ1v) is 12.9. The highest BCUT2D eigenvalue weighted by Crippen LogP contribution is 2.45. The molecule has 4 aromatic rings. The second-order valence-corrected chi connectivity index (χ2v) is 10.5. The minimum Gasteiger partial charge on any atom is -0.505 e. The van der Waals surface area contributed by atoms with E-state index in [-0.39, 0.29) is 31.3 Å². The van der Waals surface area contributed by atoms with Gasteiger partial charge in [-0.1, -0.05) is 46.7 Å². The topological polar surface area (TPSA) is 114 Å². The van der Waals surface area contributed by atoms with Crippen molar-refractivity contribution in [2.45, 2.75) is 26.8 Å². The van der Waals surface area contributed by atoms with Crippen LogP contribution in [-0.4, -0.2) is 44.2 Å². The number of amides is 1. The predicted octanol–water partition coefficient (Wildman–Crippen LogP) is 5.44. The second-order valence-electron chi connectivity index (χ2n) is 8.68. The van der Waals surface area contributed by atoms with Gasteiger partial charge in [-0.05, 0) is 50.1 Å². The molecule has 12 heteroatoms. The number of fused-ring (bicyclic) bond motifs is 1. The lowest BCUT2D eigenvalue weighted by Gasteiger charge is -2.23. The van der Waals surface area contributed by atoms with Crippen molar-refractivity contribution in [3.8, 4) is 0 Å². The third-order valence-corrected chi connectivity index (χ3v) is 8.25. The van der Waals surface area contributed by atoms with Gasteiger partial charge in [-0.3, -0.25) is 14.5 Å². The number of hydrogen-bond acceptors (Lipinski definition) is 8. The first-order chi connectivity index (χ1) is 18.0. The number of nitrogens with zero attached hydrogens (tertiary/aromatic N) is 4. The maximum Gasteiger partial charge on any atom is 0.350 e. The quantitative estimate of drug-likeness (QED) is 0.150. The lowest BCUT2D eigenvalue weighted by Crippen LogP contribution is -2.29. The highest BCUT2D eigenvalue weighted by Gasteiger charge is 2.49. The number of benzene rings is 1. The molecule has 0 spiro atoms. The number of hydrogen-bond donors (Lipinski definition) is 1. The normalized spacial score (nSPS) is 17.0. The number of anilines is 1. The van der Waals surface area contributed by atoms with E-state index >= 15 is 0 Å². The molecule has 0 bridgehead atoms. The van der Waals surface area contributed by atoms with Gasteiger partial charge in [-0.25, -0.2) is 14.8 Å². The smallest absolute Gasteiger partial charge is 0.350 e. The Labute approximate surface area is 230 Å². The highest BCUT2D eigenvalue weighted by molar-refractivity contribution is 7.17. The third-order valence-electron chi connectivity index (χ3n) is 6.37. The number of aromatic nitrogens is 3. The van der Waals surface area contributed by atoms with Gasteiger partial charge in [0.05, 0.1) is 40.2 Å².